The summed E-state index contributed by atoms with van der Waals surface area (Å²) in [6.45, 7) is 2.37. The molecule has 4 bridgehead atoms. The van der Waals surface area contributed by atoms with Gasteiger partial charge in [0.15, 0.2) is 0 Å². The molecule has 0 aromatic heterocycles. The summed E-state index contributed by atoms with van der Waals surface area (Å²) in [5.74, 6) is 2.89. The maximum atomic E-state index is 12.3. The van der Waals surface area contributed by atoms with Gasteiger partial charge in [-0.15, -0.1) is 0 Å². The fourth-order valence-electron chi connectivity index (χ4n) is 5.98. The van der Waals surface area contributed by atoms with E-state index in [1.54, 1.807) is 0 Å². The number of hydrogen-bond acceptors (Lipinski definition) is 3. The van der Waals surface area contributed by atoms with E-state index in [9.17, 15) is 4.79 Å². The standard InChI is InChI=1S/C19H30O3/c1-19(15-8-13-7-14(10-15)11-16(19)9-13)22-18(20)12-21-17-5-3-2-4-6-17/h13-17H,2-12H2,1H3. The zero-order valence-electron chi connectivity index (χ0n) is 13.9. The summed E-state index contributed by atoms with van der Waals surface area (Å²) in [5.41, 5.74) is -0.208. The van der Waals surface area contributed by atoms with Crippen molar-refractivity contribution in [3.05, 3.63) is 0 Å². The molecule has 0 atom stereocenters. The van der Waals surface area contributed by atoms with Crippen molar-refractivity contribution >= 4 is 5.97 Å². The number of carbonyl (C=O) groups excluding carboxylic acids is 1. The van der Waals surface area contributed by atoms with E-state index in [1.165, 1.54) is 51.4 Å². The molecule has 5 saturated carbocycles. The molecule has 5 aliphatic rings. The largest absolute Gasteiger partial charge is 0.457 e. The highest BCUT2D eigenvalue weighted by molar-refractivity contribution is 5.71. The number of esters is 1. The fraction of sp³-hybridized carbons (Fsp3) is 0.947. The molecule has 0 spiro atoms. The van der Waals surface area contributed by atoms with Gasteiger partial charge in [0.25, 0.3) is 0 Å². The van der Waals surface area contributed by atoms with E-state index >= 15 is 0 Å². The minimum absolute atomic E-state index is 0.124. The molecule has 5 rings (SSSR count). The average molecular weight is 306 g/mol. The first-order chi connectivity index (χ1) is 10.6. The summed E-state index contributed by atoms with van der Waals surface area (Å²) in [4.78, 5) is 12.3. The van der Waals surface area contributed by atoms with E-state index in [2.05, 4.69) is 6.92 Å². The normalized spacial score (nSPS) is 44.2. The predicted molar refractivity (Wildman–Crippen MR) is 84.4 cm³/mol. The van der Waals surface area contributed by atoms with Gasteiger partial charge in [0.2, 0.25) is 0 Å². The van der Waals surface area contributed by atoms with Crippen LogP contribution in [0, 0.1) is 23.7 Å². The van der Waals surface area contributed by atoms with Crippen molar-refractivity contribution in [2.75, 3.05) is 6.61 Å². The molecular formula is C19H30O3. The summed E-state index contributed by atoms with van der Waals surface area (Å²) >= 11 is 0. The second-order valence-electron chi connectivity index (χ2n) is 8.53. The molecule has 0 amide bonds. The Kier molecular flexibility index (Phi) is 3.96. The van der Waals surface area contributed by atoms with E-state index in [1.807, 2.05) is 0 Å². The Balaban J connectivity index is 1.33. The molecule has 0 N–H and O–H groups in total. The van der Waals surface area contributed by atoms with Crippen molar-refractivity contribution in [2.45, 2.75) is 82.8 Å². The van der Waals surface area contributed by atoms with Crippen LogP contribution in [0.15, 0.2) is 0 Å². The second kappa shape index (κ2) is 5.81. The third-order valence-corrected chi connectivity index (χ3v) is 7.08. The van der Waals surface area contributed by atoms with Crippen molar-refractivity contribution in [3.63, 3.8) is 0 Å². The van der Waals surface area contributed by atoms with Crippen LogP contribution in [0.1, 0.15) is 71.1 Å². The van der Waals surface area contributed by atoms with Crippen molar-refractivity contribution in [1.82, 2.24) is 0 Å². The van der Waals surface area contributed by atoms with Crippen LogP contribution in [0.3, 0.4) is 0 Å². The Hall–Kier alpha value is -0.570. The molecule has 0 aromatic rings. The smallest absolute Gasteiger partial charge is 0.332 e. The number of hydrogen-bond donors (Lipinski definition) is 0. The molecule has 0 radical (unpaired) electrons. The Morgan fingerprint density at radius 2 is 1.55 bits per heavy atom. The minimum atomic E-state index is -0.208. The molecule has 0 heterocycles. The lowest BCUT2D eigenvalue weighted by Crippen LogP contribution is -2.58. The lowest BCUT2D eigenvalue weighted by molar-refractivity contribution is -0.208. The van der Waals surface area contributed by atoms with Gasteiger partial charge in [0.1, 0.15) is 12.2 Å². The molecule has 3 heteroatoms. The van der Waals surface area contributed by atoms with Crippen LogP contribution < -0.4 is 0 Å². The highest BCUT2D eigenvalue weighted by Gasteiger charge is 2.57. The van der Waals surface area contributed by atoms with Crippen molar-refractivity contribution in [2.24, 2.45) is 23.7 Å². The Morgan fingerprint density at radius 3 is 2.14 bits per heavy atom. The molecule has 22 heavy (non-hydrogen) atoms. The van der Waals surface area contributed by atoms with Gasteiger partial charge in [-0.3, -0.25) is 0 Å². The van der Waals surface area contributed by atoms with Gasteiger partial charge in [-0.25, -0.2) is 4.79 Å². The highest BCUT2D eigenvalue weighted by atomic mass is 16.6. The molecule has 0 unspecified atom stereocenters. The van der Waals surface area contributed by atoms with E-state index in [-0.39, 0.29) is 24.3 Å². The number of carbonyl (C=O) groups is 1. The minimum Gasteiger partial charge on any atom is -0.457 e. The van der Waals surface area contributed by atoms with Crippen LogP contribution in [0.5, 0.6) is 0 Å². The summed E-state index contributed by atoms with van der Waals surface area (Å²) in [7, 11) is 0. The van der Waals surface area contributed by atoms with Gasteiger partial charge in [0, 0.05) is 0 Å². The van der Waals surface area contributed by atoms with E-state index in [0.29, 0.717) is 11.8 Å². The van der Waals surface area contributed by atoms with Crippen LogP contribution in [0.25, 0.3) is 0 Å². The zero-order valence-corrected chi connectivity index (χ0v) is 13.9. The second-order valence-corrected chi connectivity index (χ2v) is 8.53. The molecule has 0 aliphatic heterocycles. The van der Waals surface area contributed by atoms with Gasteiger partial charge in [-0.05, 0) is 75.5 Å². The molecule has 124 valence electrons. The summed E-state index contributed by atoms with van der Waals surface area (Å²) in [6.07, 6.45) is 12.8. The number of rotatable bonds is 4. The lowest BCUT2D eigenvalue weighted by atomic mass is 9.50. The summed E-state index contributed by atoms with van der Waals surface area (Å²) < 4.78 is 11.9. The molecule has 5 aliphatic carbocycles. The van der Waals surface area contributed by atoms with Crippen LogP contribution >= 0.6 is 0 Å². The third-order valence-electron chi connectivity index (χ3n) is 7.08. The van der Waals surface area contributed by atoms with E-state index in [0.717, 1.165) is 24.7 Å². The first kappa shape index (κ1) is 15.0. The Morgan fingerprint density at radius 1 is 0.955 bits per heavy atom. The molecule has 5 fully saturated rings. The third kappa shape index (κ3) is 2.70. The Bertz CT molecular complexity index is 396. The van der Waals surface area contributed by atoms with Crippen molar-refractivity contribution in [1.29, 1.82) is 0 Å². The zero-order chi connectivity index (χ0) is 15.2. The first-order valence-electron chi connectivity index (χ1n) is 9.47. The van der Waals surface area contributed by atoms with Crippen LogP contribution in [0.4, 0.5) is 0 Å². The van der Waals surface area contributed by atoms with Crippen LogP contribution in [-0.2, 0) is 14.3 Å². The monoisotopic (exact) mass is 306 g/mol. The van der Waals surface area contributed by atoms with Gasteiger partial charge < -0.3 is 9.47 Å². The maximum absolute atomic E-state index is 12.3. The SMILES string of the molecule is CC1(OC(=O)COC2CCCCC2)C2CC3CC(C2)CC1C3. The van der Waals surface area contributed by atoms with Gasteiger partial charge in [-0.2, -0.15) is 0 Å². The van der Waals surface area contributed by atoms with Gasteiger partial charge in [-0.1, -0.05) is 19.3 Å². The Labute approximate surface area is 134 Å². The molecular weight excluding hydrogens is 276 g/mol. The molecule has 0 saturated heterocycles. The van der Waals surface area contributed by atoms with Crippen molar-refractivity contribution in [3.8, 4) is 0 Å². The predicted octanol–water partition coefficient (Wildman–Crippen LogP) is 4.09. The van der Waals surface area contributed by atoms with Crippen molar-refractivity contribution < 1.29 is 14.3 Å². The topological polar surface area (TPSA) is 35.5 Å². The molecule has 3 nitrogen and oxygen atoms in total. The fourth-order valence-corrected chi connectivity index (χ4v) is 5.98. The summed E-state index contributed by atoms with van der Waals surface area (Å²) in [5, 5.41) is 0. The maximum Gasteiger partial charge on any atom is 0.332 e. The average Bonchev–Trinajstić information content (AvgIpc) is 2.51. The summed E-state index contributed by atoms with van der Waals surface area (Å²) in [6, 6.07) is 0. The van der Waals surface area contributed by atoms with Gasteiger partial charge >= 0.3 is 5.97 Å². The number of ether oxygens (including phenoxy) is 2. The highest BCUT2D eigenvalue weighted by Crippen LogP contribution is 2.59. The molecule has 0 aromatic carbocycles. The van der Waals surface area contributed by atoms with E-state index in [4.69, 9.17) is 9.47 Å². The van der Waals surface area contributed by atoms with Gasteiger partial charge in [0.05, 0.1) is 6.10 Å². The lowest BCUT2D eigenvalue weighted by Gasteiger charge is -2.59. The van der Waals surface area contributed by atoms with Crippen LogP contribution in [0.2, 0.25) is 0 Å². The quantitative estimate of drug-likeness (QED) is 0.734. The van der Waals surface area contributed by atoms with Crippen LogP contribution in [-0.4, -0.2) is 24.3 Å². The van der Waals surface area contributed by atoms with E-state index < -0.39 is 0 Å². The first-order valence-corrected chi connectivity index (χ1v) is 9.47.